The third-order valence-electron chi connectivity index (χ3n) is 5.53. The Bertz CT molecular complexity index is 1280. The maximum atomic E-state index is 12.9. The summed E-state index contributed by atoms with van der Waals surface area (Å²) in [7, 11) is 0. The number of amides is 1. The molecule has 0 N–H and O–H groups in total. The molecule has 0 radical (unpaired) electrons. The van der Waals surface area contributed by atoms with Gasteiger partial charge in [0.15, 0.2) is 11.9 Å². The molecule has 0 saturated carbocycles. The van der Waals surface area contributed by atoms with Crippen LogP contribution in [-0.4, -0.2) is 29.7 Å². The van der Waals surface area contributed by atoms with Crippen LogP contribution in [0.2, 0.25) is 0 Å². The fourth-order valence-electron chi connectivity index (χ4n) is 3.93. The van der Waals surface area contributed by atoms with Gasteiger partial charge in [0.2, 0.25) is 0 Å². The summed E-state index contributed by atoms with van der Waals surface area (Å²) in [5.74, 6) is -0.201. The number of hydrogen-bond donors (Lipinski definition) is 0. The molecule has 154 valence electrons. The van der Waals surface area contributed by atoms with Crippen LogP contribution in [0.25, 0.3) is 22.2 Å². The van der Waals surface area contributed by atoms with Gasteiger partial charge in [-0.25, -0.2) is 4.79 Å². The number of rotatable bonds is 4. The first-order valence-corrected chi connectivity index (χ1v) is 10.2. The molecule has 1 aromatic heterocycles. The first-order chi connectivity index (χ1) is 15.1. The number of para-hydroxylation sites is 1. The average molecular weight is 412 g/mol. The number of carbonyl (C=O) groups is 2. The van der Waals surface area contributed by atoms with Crippen LogP contribution < -0.4 is 4.90 Å². The van der Waals surface area contributed by atoms with Crippen LogP contribution in [-0.2, 0) is 16.0 Å². The third-order valence-corrected chi connectivity index (χ3v) is 5.53. The third kappa shape index (κ3) is 3.46. The number of esters is 1. The van der Waals surface area contributed by atoms with Crippen molar-refractivity contribution in [2.45, 2.75) is 19.4 Å². The van der Waals surface area contributed by atoms with Crippen LogP contribution in [0.5, 0.6) is 0 Å². The molecule has 0 spiro atoms. The molecule has 3 aromatic carbocycles. The first-order valence-electron chi connectivity index (χ1n) is 10.2. The predicted octanol–water partition coefficient (Wildman–Crippen LogP) is 4.63. The quantitative estimate of drug-likeness (QED) is 0.457. The van der Waals surface area contributed by atoms with Gasteiger partial charge in [-0.2, -0.15) is 0 Å². The maximum Gasteiger partial charge on any atom is 0.338 e. The number of hydrogen-bond acceptors (Lipinski definition) is 5. The molecule has 0 fully saturated rings. The van der Waals surface area contributed by atoms with Gasteiger partial charge in [-0.15, -0.1) is 0 Å². The molecule has 6 heteroatoms. The van der Waals surface area contributed by atoms with Gasteiger partial charge in [-0.3, -0.25) is 4.79 Å². The number of ether oxygens (including phenoxy) is 1. The van der Waals surface area contributed by atoms with Gasteiger partial charge in [0.05, 0.1) is 10.9 Å². The number of benzene rings is 3. The molecule has 0 aliphatic carbocycles. The molecule has 0 saturated heterocycles. The van der Waals surface area contributed by atoms with Gasteiger partial charge >= 0.3 is 5.97 Å². The van der Waals surface area contributed by atoms with Crippen LogP contribution in [0.15, 0.2) is 77.3 Å². The Kier molecular flexibility index (Phi) is 4.75. The van der Waals surface area contributed by atoms with Crippen molar-refractivity contribution < 1.29 is 18.8 Å². The Hall–Kier alpha value is -3.93. The lowest BCUT2D eigenvalue weighted by Crippen LogP contribution is -2.39. The van der Waals surface area contributed by atoms with Gasteiger partial charge in [-0.1, -0.05) is 53.7 Å². The number of aromatic nitrogens is 1. The largest absolute Gasteiger partial charge is 0.449 e. The molecule has 1 amide bonds. The van der Waals surface area contributed by atoms with E-state index in [0.29, 0.717) is 28.8 Å². The van der Waals surface area contributed by atoms with Crippen molar-refractivity contribution in [2.24, 2.45) is 0 Å². The lowest BCUT2D eigenvalue weighted by atomic mass is 10.1. The Morgan fingerprint density at radius 2 is 1.81 bits per heavy atom. The van der Waals surface area contributed by atoms with Crippen LogP contribution in [0, 0.1) is 0 Å². The lowest BCUT2D eigenvalue weighted by molar-refractivity contribution is -0.126. The summed E-state index contributed by atoms with van der Waals surface area (Å²) < 4.78 is 11.0. The van der Waals surface area contributed by atoms with E-state index in [4.69, 9.17) is 9.26 Å². The van der Waals surface area contributed by atoms with Crippen molar-refractivity contribution in [2.75, 3.05) is 11.4 Å². The molecule has 6 nitrogen and oxygen atoms in total. The minimum absolute atomic E-state index is 0.227. The molecule has 5 rings (SSSR count). The zero-order valence-corrected chi connectivity index (χ0v) is 16.9. The molecule has 2 heterocycles. The van der Waals surface area contributed by atoms with E-state index in [9.17, 15) is 9.59 Å². The molecule has 31 heavy (non-hydrogen) atoms. The van der Waals surface area contributed by atoms with Gasteiger partial charge < -0.3 is 14.2 Å². The van der Waals surface area contributed by atoms with E-state index >= 15 is 0 Å². The highest BCUT2D eigenvalue weighted by atomic mass is 16.5. The topological polar surface area (TPSA) is 72.6 Å². The predicted molar refractivity (Wildman–Crippen MR) is 117 cm³/mol. The normalized spacial score (nSPS) is 13.8. The van der Waals surface area contributed by atoms with Crippen molar-refractivity contribution in [3.05, 3.63) is 83.9 Å². The number of carbonyl (C=O) groups excluding carboxylic acids is 2. The summed E-state index contributed by atoms with van der Waals surface area (Å²) in [6.45, 7) is 2.20. The zero-order valence-electron chi connectivity index (χ0n) is 16.9. The van der Waals surface area contributed by atoms with Crippen LogP contribution in [0.3, 0.4) is 0 Å². The summed E-state index contributed by atoms with van der Waals surface area (Å²) in [6, 6.07) is 22.4. The number of fused-ring (bicyclic) bond motifs is 2. The van der Waals surface area contributed by atoms with E-state index in [0.717, 1.165) is 23.2 Å². The standard InChI is InChI=1S/C25H20N2O4/c1-16(24(28)27-14-13-17-7-5-6-10-22(17)27)30-25(29)19-11-12-21-20(15-19)23(31-26-21)18-8-3-2-4-9-18/h2-12,15-16H,13-14H2,1H3/t16-/m0/s1. The van der Waals surface area contributed by atoms with Crippen molar-refractivity contribution in [1.29, 1.82) is 0 Å². The van der Waals surface area contributed by atoms with Crippen molar-refractivity contribution >= 4 is 28.5 Å². The Balaban J connectivity index is 1.36. The number of anilines is 1. The van der Waals surface area contributed by atoms with Gasteiger partial charge in [0, 0.05) is 17.8 Å². The minimum Gasteiger partial charge on any atom is -0.449 e. The second-order valence-electron chi connectivity index (χ2n) is 7.53. The summed E-state index contributed by atoms with van der Waals surface area (Å²) in [4.78, 5) is 27.4. The zero-order chi connectivity index (χ0) is 21.4. The summed E-state index contributed by atoms with van der Waals surface area (Å²) >= 11 is 0. The van der Waals surface area contributed by atoms with E-state index in [1.54, 1.807) is 30.0 Å². The summed E-state index contributed by atoms with van der Waals surface area (Å²) in [5.41, 5.74) is 3.86. The van der Waals surface area contributed by atoms with E-state index in [-0.39, 0.29) is 5.91 Å². The fraction of sp³-hybridized carbons (Fsp3) is 0.160. The molecule has 1 aliphatic rings. The molecule has 0 unspecified atom stereocenters. The smallest absolute Gasteiger partial charge is 0.338 e. The van der Waals surface area contributed by atoms with E-state index < -0.39 is 12.1 Å². The molecular formula is C25H20N2O4. The van der Waals surface area contributed by atoms with Crippen LogP contribution in [0.4, 0.5) is 5.69 Å². The van der Waals surface area contributed by atoms with Gasteiger partial charge in [0.1, 0.15) is 5.52 Å². The van der Waals surface area contributed by atoms with E-state index in [1.807, 2.05) is 54.6 Å². The SMILES string of the molecule is C[C@H](OC(=O)c1ccc2noc(-c3ccccc3)c2c1)C(=O)N1CCc2ccccc21. The highest BCUT2D eigenvalue weighted by Gasteiger charge is 2.30. The second-order valence-corrected chi connectivity index (χ2v) is 7.53. The Morgan fingerprint density at radius 3 is 2.65 bits per heavy atom. The highest BCUT2D eigenvalue weighted by molar-refractivity contribution is 6.02. The average Bonchev–Trinajstić information content (AvgIpc) is 3.43. The molecule has 0 bridgehead atoms. The van der Waals surface area contributed by atoms with Crippen LogP contribution >= 0.6 is 0 Å². The monoisotopic (exact) mass is 412 g/mol. The maximum absolute atomic E-state index is 12.9. The van der Waals surface area contributed by atoms with Crippen molar-refractivity contribution in [3.8, 4) is 11.3 Å². The van der Waals surface area contributed by atoms with E-state index in [1.165, 1.54) is 0 Å². The molecular weight excluding hydrogens is 392 g/mol. The fourth-order valence-corrected chi connectivity index (χ4v) is 3.93. The van der Waals surface area contributed by atoms with Crippen LogP contribution in [0.1, 0.15) is 22.8 Å². The Labute approximate surface area is 179 Å². The Morgan fingerprint density at radius 1 is 1.03 bits per heavy atom. The second kappa shape index (κ2) is 7.72. The first kappa shape index (κ1) is 19.1. The summed E-state index contributed by atoms with van der Waals surface area (Å²) in [6.07, 6.45) is -0.0972. The van der Waals surface area contributed by atoms with Crippen molar-refractivity contribution in [3.63, 3.8) is 0 Å². The molecule has 1 atom stereocenters. The van der Waals surface area contributed by atoms with Crippen molar-refractivity contribution in [1.82, 2.24) is 5.16 Å². The van der Waals surface area contributed by atoms with E-state index in [2.05, 4.69) is 5.16 Å². The molecule has 1 aliphatic heterocycles. The molecule has 4 aromatic rings. The van der Waals surface area contributed by atoms with Gasteiger partial charge in [-0.05, 0) is 43.2 Å². The van der Waals surface area contributed by atoms with Gasteiger partial charge in [0.25, 0.3) is 5.91 Å². The summed E-state index contributed by atoms with van der Waals surface area (Å²) in [5, 5.41) is 4.79. The minimum atomic E-state index is -0.898. The number of nitrogens with zero attached hydrogens (tertiary/aromatic N) is 2. The highest BCUT2D eigenvalue weighted by Crippen LogP contribution is 2.30. The lowest BCUT2D eigenvalue weighted by Gasteiger charge is -2.21.